The Balaban J connectivity index is 3.26. The van der Waals surface area contributed by atoms with E-state index >= 15 is 0 Å². The van der Waals surface area contributed by atoms with Gasteiger partial charge in [-0.2, -0.15) is 0 Å². The highest BCUT2D eigenvalue weighted by Crippen LogP contribution is 2.02. The molecule has 0 bridgehead atoms. The van der Waals surface area contributed by atoms with Crippen molar-refractivity contribution in [2.45, 2.75) is 39.0 Å². The van der Waals surface area contributed by atoms with Crippen LogP contribution in [-0.2, 0) is 14.3 Å². The number of hydrogen-bond donors (Lipinski definition) is 0. The summed E-state index contributed by atoms with van der Waals surface area (Å²) in [7, 11) is 0. The van der Waals surface area contributed by atoms with Gasteiger partial charge in [-0.15, -0.1) is 0 Å². The van der Waals surface area contributed by atoms with Gasteiger partial charge in [-0.1, -0.05) is 12.5 Å². The fraction of sp³-hybridized carbons (Fsp3) is 0.636. The maximum absolute atomic E-state index is 10.8. The molecule has 0 saturated heterocycles. The molecule has 0 unspecified atom stereocenters. The summed E-state index contributed by atoms with van der Waals surface area (Å²) in [6, 6.07) is 0. The molecule has 0 aliphatic rings. The quantitative estimate of drug-likeness (QED) is 0.260. The predicted molar refractivity (Wildman–Crippen MR) is 54.9 cm³/mol. The highest BCUT2D eigenvalue weighted by atomic mass is 16.5. The molecule has 0 aliphatic carbocycles. The smallest absolute Gasteiger partial charge is 0.330 e. The number of allylic oxidation sites excluding steroid dienone is 1. The third-order valence-corrected chi connectivity index (χ3v) is 1.73. The van der Waals surface area contributed by atoms with Gasteiger partial charge < -0.3 is 9.53 Å². The minimum absolute atomic E-state index is 0.277. The third-order valence-electron chi connectivity index (χ3n) is 1.73. The molecule has 0 spiro atoms. The number of aldehydes is 1. The summed E-state index contributed by atoms with van der Waals surface area (Å²) in [6.07, 6.45) is 8.72. The molecule has 0 amide bonds. The van der Waals surface area contributed by atoms with Crippen molar-refractivity contribution >= 4 is 12.3 Å². The topological polar surface area (TPSA) is 43.4 Å². The van der Waals surface area contributed by atoms with Crippen molar-refractivity contribution in [3.63, 3.8) is 0 Å². The first-order valence-electron chi connectivity index (χ1n) is 5.08. The second kappa shape index (κ2) is 9.96. The van der Waals surface area contributed by atoms with E-state index in [1.54, 1.807) is 6.92 Å². The van der Waals surface area contributed by atoms with Gasteiger partial charge in [0.2, 0.25) is 0 Å². The summed E-state index contributed by atoms with van der Waals surface area (Å²) in [6.45, 7) is 2.20. The van der Waals surface area contributed by atoms with Crippen LogP contribution in [0.15, 0.2) is 12.2 Å². The van der Waals surface area contributed by atoms with E-state index in [1.807, 2.05) is 6.08 Å². The molecule has 0 heterocycles. The van der Waals surface area contributed by atoms with Crippen molar-refractivity contribution in [2.24, 2.45) is 0 Å². The first-order chi connectivity index (χ1) is 6.81. The number of carbonyl (C=O) groups excluding carboxylic acids is 2. The van der Waals surface area contributed by atoms with Gasteiger partial charge in [0.05, 0.1) is 6.61 Å². The molecule has 0 rings (SSSR count). The van der Waals surface area contributed by atoms with Gasteiger partial charge in [0, 0.05) is 12.5 Å². The normalized spacial score (nSPS) is 10.4. The van der Waals surface area contributed by atoms with Crippen molar-refractivity contribution in [1.29, 1.82) is 0 Å². The lowest BCUT2D eigenvalue weighted by Crippen LogP contribution is -1.98. The van der Waals surface area contributed by atoms with E-state index in [4.69, 9.17) is 4.74 Å². The summed E-state index contributed by atoms with van der Waals surface area (Å²) in [5.74, 6) is -0.277. The molecule has 0 saturated carbocycles. The largest absolute Gasteiger partial charge is 0.463 e. The Morgan fingerprint density at radius 2 is 1.93 bits per heavy atom. The molecule has 0 fully saturated rings. The highest BCUT2D eigenvalue weighted by Gasteiger charge is 1.92. The minimum Gasteiger partial charge on any atom is -0.463 e. The third kappa shape index (κ3) is 8.97. The van der Waals surface area contributed by atoms with Crippen LogP contribution in [0.4, 0.5) is 0 Å². The average Bonchev–Trinajstić information content (AvgIpc) is 2.17. The molecule has 14 heavy (non-hydrogen) atoms. The van der Waals surface area contributed by atoms with Crippen molar-refractivity contribution in [3.05, 3.63) is 12.2 Å². The molecule has 80 valence electrons. The molecule has 0 aromatic carbocycles. The average molecular weight is 198 g/mol. The lowest BCUT2D eigenvalue weighted by Gasteiger charge is -1.95. The Morgan fingerprint density at radius 1 is 1.21 bits per heavy atom. The van der Waals surface area contributed by atoms with Gasteiger partial charge in [0.25, 0.3) is 0 Å². The molecule has 3 heteroatoms. The van der Waals surface area contributed by atoms with Crippen LogP contribution in [0, 0.1) is 0 Å². The number of rotatable bonds is 8. The first kappa shape index (κ1) is 12.9. The second-order valence-electron chi connectivity index (χ2n) is 2.96. The Bertz CT molecular complexity index is 185. The number of unbranched alkanes of at least 4 members (excludes halogenated alkanes) is 4. The Kier molecular flexibility index (Phi) is 9.17. The van der Waals surface area contributed by atoms with Gasteiger partial charge in [-0.3, -0.25) is 0 Å². The van der Waals surface area contributed by atoms with E-state index in [1.165, 1.54) is 6.08 Å². The SMILES string of the molecule is CCOC(=O)/C=C/CCCCCC=O. The summed E-state index contributed by atoms with van der Waals surface area (Å²) in [4.78, 5) is 20.8. The Morgan fingerprint density at radius 3 is 2.57 bits per heavy atom. The molecule has 0 aliphatic heterocycles. The van der Waals surface area contributed by atoms with Gasteiger partial charge in [-0.25, -0.2) is 4.79 Å². The van der Waals surface area contributed by atoms with Gasteiger partial charge in [0.1, 0.15) is 6.29 Å². The zero-order valence-corrected chi connectivity index (χ0v) is 8.70. The maximum atomic E-state index is 10.8. The van der Waals surface area contributed by atoms with E-state index in [2.05, 4.69) is 0 Å². The van der Waals surface area contributed by atoms with Crippen LogP contribution in [0.5, 0.6) is 0 Å². The molecule has 0 atom stereocenters. The molecule has 0 aromatic rings. The van der Waals surface area contributed by atoms with Gasteiger partial charge in [-0.05, 0) is 26.2 Å². The van der Waals surface area contributed by atoms with Crippen LogP contribution in [0.1, 0.15) is 39.0 Å². The number of ether oxygens (including phenoxy) is 1. The van der Waals surface area contributed by atoms with Crippen LogP contribution in [0.3, 0.4) is 0 Å². The summed E-state index contributed by atoms with van der Waals surface area (Å²) in [5.41, 5.74) is 0. The monoisotopic (exact) mass is 198 g/mol. The summed E-state index contributed by atoms with van der Waals surface area (Å²) in [5, 5.41) is 0. The maximum Gasteiger partial charge on any atom is 0.330 e. The summed E-state index contributed by atoms with van der Waals surface area (Å²) >= 11 is 0. The fourth-order valence-corrected chi connectivity index (χ4v) is 1.04. The Hall–Kier alpha value is -1.12. The van der Waals surface area contributed by atoms with Gasteiger partial charge in [0.15, 0.2) is 0 Å². The number of hydrogen-bond acceptors (Lipinski definition) is 3. The van der Waals surface area contributed by atoms with Gasteiger partial charge >= 0.3 is 5.97 Å². The van der Waals surface area contributed by atoms with Crippen molar-refractivity contribution in [1.82, 2.24) is 0 Å². The fourth-order valence-electron chi connectivity index (χ4n) is 1.04. The van der Waals surface area contributed by atoms with Crippen molar-refractivity contribution < 1.29 is 14.3 Å². The molecule has 0 aromatic heterocycles. The zero-order chi connectivity index (χ0) is 10.6. The predicted octanol–water partition coefficient (Wildman–Crippen LogP) is 2.26. The number of esters is 1. The molecular weight excluding hydrogens is 180 g/mol. The van der Waals surface area contributed by atoms with E-state index in [9.17, 15) is 9.59 Å². The van der Waals surface area contributed by atoms with Crippen LogP contribution < -0.4 is 0 Å². The molecule has 3 nitrogen and oxygen atoms in total. The van der Waals surface area contributed by atoms with E-state index in [-0.39, 0.29) is 5.97 Å². The molecule has 0 N–H and O–H groups in total. The van der Waals surface area contributed by atoms with Crippen molar-refractivity contribution in [2.75, 3.05) is 6.61 Å². The van der Waals surface area contributed by atoms with Crippen LogP contribution in [-0.4, -0.2) is 18.9 Å². The van der Waals surface area contributed by atoms with Crippen LogP contribution >= 0.6 is 0 Å². The number of carbonyl (C=O) groups is 2. The Labute approximate surface area is 85.1 Å². The highest BCUT2D eigenvalue weighted by molar-refractivity contribution is 5.81. The first-order valence-corrected chi connectivity index (χ1v) is 5.08. The zero-order valence-electron chi connectivity index (χ0n) is 8.70. The van der Waals surface area contributed by atoms with Crippen molar-refractivity contribution in [3.8, 4) is 0 Å². The molecular formula is C11H18O3. The van der Waals surface area contributed by atoms with E-state index in [0.29, 0.717) is 13.0 Å². The summed E-state index contributed by atoms with van der Waals surface area (Å²) < 4.78 is 4.71. The minimum atomic E-state index is -0.277. The molecule has 0 radical (unpaired) electrons. The van der Waals surface area contributed by atoms with Crippen LogP contribution in [0.25, 0.3) is 0 Å². The second-order valence-corrected chi connectivity index (χ2v) is 2.96. The lowest BCUT2D eigenvalue weighted by molar-refractivity contribution is -0.137. The standard InChI is InChI=1S/C11H18O3/c1-2-14-11(13)9-7-5-3-4-6-8-10-12/h7,9-10H,2-6,8H2,1H3/b9-7+. The van der Waals surface area contributed by atoms with E-state index in [0.717, 1.165) is 32.0 Å². The van der Waals surface area contributed by atoms with E-state index < -0.39 is 0 Å². The lowest BCUT2D eigenvalue weighted by atomic mass is 10.1. The van der Waals surface area contributed by atoms with Crippen LogP contribution in [0.2, 0.25) is 0 Å².